The van der Waals surface area contributed by atoms with Crippen LogP contribution in [0.1, 0.15) is 39.2 Å². The third kappa shape index (κ3) is 3.99. The lowest BCUT2D eigenvalue weighted by atomic mass is 9.95. The normalized spacial score (nSPS) is 15.4. The van der Waals surface area contributed by atoms with E-state index >= 15 is 0 Å². The number of amides is 1. The van der Waals surface area contributed by atoms with Crippen LogP contribution in [-0.4, -0.2) is 25.5 Å². The van der Waals surface area contributed by atoms with Crippen molar-refractivity contribution < 1.29 is 4.79 Å². The van der Waals surface area contributed by atoms with E-state index in [-0.39, 0.29) is 11.3 Å². The molecule has 1 fully saturated rings. The number of hydrogen-bond donors (Lipinski definition) is 1. The second-order valence-electron chi connectivity index (χ2n) is 6.62. The lowest BCUT2D eigenvalue weighted by Gasteiger charge is -2.18. The van der Waals surface area contributed by atoms with Crippen LogP contribution in [0.2, 0.25) is 0 Å². The second-order valence-corrected chi connectivity index (χ2v) is 6.62. The molecule has 3 heteroatoms. The predicted molar refractivity (Wildman–Crippen MR) is 84.1 cm³/mol. The van der Waals surface area contributed by atoms with E-state index in [2.05, 4.69) is 34.5 Å². The van der Waals surface area contributed by atoms with Crippen LogP contribution in [0.3, 0.4) is 0 Å². The zero-order valence-corrected chi connectivity index (χ0v) is 12.9. The van der Waals surface area contributed by atoms with Gasteiger partial charge >= 0.3 is 0 Å². The van der Waals surface area contributed by atoms with Gasteiger partial charge in [-0.1, -0.05) is 32.9 Å². The summed E-state index contributed by atoms with van der Waals surface area (Å²) in [4.78, 5) is 14.2. The minimum Gasteiger partial charge on any atom is -0.372 e. The van der Waals surface area contributed by atoms with Gasteiger partial charge in [0, 0.05) is 30.7 Å². The van der Waals surface area contributed by atoms with E-state index in [1.165, 1.54) is 37.2 Å². The number of nitrogens with one attached hydrogen (secondary N) is 1. The molecule has 1 heterocycles. The highest BCUT2D eigenvalue weighted by Gasteiger charge is 2.20. The Bertz CT molecular complexity index is 439. The van der Waals surface area contributed by atoms with Gasteiger partial charge in [-0.2, -0.15) is 0 Å². The fraction of sp³-hybridized carbons (Fsp3) is 0.588. The average Bonchev–Trinajstić information content (AvgIpc) is 2.92. The van der Waals surface area contributed by atoms with E-state index in [9.17, 15) is 4.79 Å². The van der Waals surface area contributed by atoms with Gasteiger partial charge in [-0.25, -0.2) is 0 Å². The van der Waals surface area contributed by atoms with Crippen molar-refractivity contribution in [3.8, 4) is 0 Å². The molecule has 0 aromatic heterocycles. The fourth-order valence-electron chi connectivity index (χ4n) is 2.43. The van der Waals surface area contributed by atoms with Crippen LogP contribution < -0.4 is 10.2 Å². The summed E-state index contributed by atoms with van der Waals surface area (Å²) in [5.41, 5.74) is 2.30. The van der Waals surface area contributed by atoms with Crippen LogP contribution >= 0.6 is 0 Å². The first-order valence-electron chi connectivity index (χ1n) is 7.59. The molecule has 2 rings (SSSR count). The van der Waals surface area contributed by atoms with Crippen molar-refractivity contribution in [3.63, 3.8) is 0 Å². The largest absolute Gasteiger partial charge is 0.372 e. The van der Waals surface area contributed by atoms with Crippen molar-refractivity contribution in [1.82, 2.24) is 5.32 Å². The Balaban J connectivity index is 1.80. The molecule has 3 nitrogen and oxygen atoms in total. The minimum absolute atomic E-state index is 0.117. The Morgan fingerprint density at radius 3 is 2.30 bits per heavy atom. The molecular weight excluding hydrogens is 248 g/mol. The highest BCUT2D eigenvalue weighted by molar-refractivity contribution is 5.81. The van der Waals surface area contributed by atoms with Gasteiger partial charge < -0.3 is 10.2 Å². The van der Waals surface area contributed by atoms with E-state index in [4.69, 9.17) is 0 Å². The molecule has 20 heavy (non-hydrogen) atoms. The smallest absolute Gasteiger partial charge is 0.225 e. The maximum atomic E-state index is 11.8. The minimum atomic E-state index is -0.306. The fourth-order valence-corrected chi connectivity index (χ4v) is 2.43. The molecule has 0 unspecified atom stereocenters. The van der Waals surface area contributed by atoms with Gasteiger partial charge in [-0.05, 0) is 37.0 Å². The van der Waals surface area contributed by atoms with Crippen LogP contribution in [0, 0.1) is 5.41 Å². The summed E-state index contributed by atoms with van der Waals surface area (Å²) in [5, 5.41) is 2.99. The van der Waals surface area contributed by atoms with E-state index in [1.807, 2.05) is 20.8 Å². The van der Waals surface area contributed by atoms with E-state index in [1.54, 1.807) is 0 Å². The van der Waals surface area contributed by atoms with Crippen molar-refractivity contribution >= 4 is 11.6 Å². The second kappa shape index (κ2) is 6.29. The molecule has 0 aliphatic carbocycles. The first-order chi connectivity index (χ1) is 9.47. The number of hydrogen-bond acceptors (Lipinski definition) is 2. The van der Waals surface area contributed by atoms with Gasteiger partial charge in [0.25, 0.3) is 0 Å². The number of nitrogens with zero attached hydrogens (tertiary/aromatic N) is 1. The van der Waals surface area contributed by atoms with Crippen LogP contribution in [0.4, 0.5) is 5.69 Å². The van der Waals surface area contributed by atoms with E-state index < -0.39 is 0 Å². The number of carbonyl (C=O) groups is 1. The summed E-state index contributed by atoms with van der Waals surface area (Å²) in [7, 11) is 0. The molecule has 1 aromatic carbocycles. The van der Waals surface area contributed by atoms with E-state index in [0.717, 1.165) is 6.42 Å². The van der Waals surface area contributed by atoms with Gasteiger partial charge in [0.2, 0.25) is 5.91 Å². The van der Waals surface area contributed by atoms with Gasteiger partial charge in [0.05, 0.1) is 0 Å². The average molecular weight is 274 g/mol. The number of benzene rings is 1. The van der Waals surface area contributed by atoms with Crippen LogP contribution in [0.15, 0.2) is 24.3 Å². The Morgan fingerprint density at radius 1 is 1.15 bits per heavy atom. The summed E-state index contributed by atoms with van der Waals surface area (Å²) >= 11 is 0. The van der Waals surface area contributed by atoms with Crippen LogP contribution in [-0.2, 0) is 11.2 Å². The Labute approximate surface area is 122 Å². The zero-order valence-electron chi connectivity index (χ0n) is 12.9. The summed E-state index contributed by atoms with van der Waals surface area (Å²) in [6.07, 6.45) is 3.50. The monoisotopic (exact) mass is 274 g/mol. The highest BCUT2D eigenvalue weighted by Crippen LogP contribution is 2.20. The molecule has 1 aliphatic heterocycles. The molecule has 1 N–H and O–H groups in total. The maximum absolute atomic E-state index is 11.8. The Kier molecular flexibility index (Phi) is 4.69. The van der Waals surface area contributed by atoms with Crippen molar-refractivity contribution in [1.29, 1.82) is 0 Å². The SMILES string of the molecule is CC(C)(C)C(=O)NCCc1ccc(N2CCCC2)cc1. The Hall–Kier alpha value is -1.51. The topological polar surface area (TPSA) is 32.3 Å². The van der Waals surface area contributed by atoms with Crippen LogP contribution in [0.5, 0.6) is 0 Å². The van der Waals surface area contributed by atoms with Crippen LogP contribution in [0.25, 0.3) is 0 Å². The number of carbonyl (C=O) groups excluding carboxylic acids is 1. The first-order valence-corrected chi connectivity index (χ1v) is 7.59. The maximum Gasteiger partial charge on any atom is 0.225 e. The number of anilines is 1. The number of rotatable bonds is 4. The Morgan fingerprint density at radius 2 is 1.75 bits per heavy atom. The van der Waals surface area contributed by atoms with E-state index in [0.29, 0.717) is 6.54 Å². The predicted octanol–water partition coefficient (Wildman–Crippen LogP) is 2.99. The van der Waals surface area contributed by atoms with Crippen molar-refractivity contribution in [2.45, 2.75) is 40.0 Å². The molecule has 0 bridgehead atoms. The molecular formula is C17H26N2O. The van der Waals surface area contributed by atoms with Gasteiger partial charge in [-0.15, -0.1) is 0 Å². The zero-order chi connectivity index (χ0) is 14.6. The molecule has 1 aromatic rings. The molecule has 1 aliphatic rings. The van der Waals surface area contributed by atoms with Crippen molar-refractivity contribution in [3.05, 3.63) is 29.8 Å². The molecule has 0 saturated carbocycles. The van der Waals surface area contributed by atoms with Gasteiger partial charge in [-0.3, -0.25) is 4.79 Å². The molecule has 1 amide bonds. The third-order valence-corrected chi connectivity index (χ3v) is 3.79. The quantitative estimate of drug-likeness (QED) is 0.915. The molecule has 0 atom stereocenters. The molecule has 110 valence electrons. The van der Waals surface area contributed by atoms with Gasteiger partial charge in [0.1, 0.15) is 0 Å². The summed E-state index contributed by atoms with van der Waals surface area (Å²) < 4.78 is 0. The molecule has 0 spiro atoms. The third-order valence-electron chi connectivity index (χ3n) is 3.79. The summed E-state index contributed by atoms with van der Waals surface area (Å²) in [5.74, 6) is 0.117. The molecule has 0 radical (unpaired) electrons. The lowest BCUT2D eigenvalue weighted by Crippen LogP contribution is -2.35. The lowest BCUT2D eigenvalue weighted by molar-refractivity contribution is -0.128. The summed E-state index contributed by atoms with van der Waals surface area (Å²) in [6, 6.07) is 8.76. The molecule has 1 saturated heterocycles. The highest BCUT2D eigenvalue weighted by atomic mass is 16.2. The first kappa shape index (κ1) is 14.9. The summed E-state index contributed by atoms with van der Waals surface area (Å²) in [6.45, 7) is 8.88. The standard InChI is InChI=1S/C17H26N2O/c1-17(2,3)16(20)18-11-10-14-6-8-15(9-7-14)19-12-4-5-13-19/h6-9H,4-5,10-13H2,1-3H3,(H,18,20). The van der Waals surface area contributed by atoms with Crippen molar-refractivity contribution in [2.24, 2.45) is 5.41 Å². The van der Waals surface area contributed by atoms with Crippen molar-refractivity contribution in [2.75, 3.05) is 24.5 Å². The van der Waals surface area contributed by atoms with Gasteiger partial charge in [0.15, 0.2) is 0 Å².